The third kappa shape index (κ3) is 6.24. The topological polar surface area (TPSA) is 103 Å². The number of benzene rings is 1. The normalized spacial score (nSPS) is 13.8. The highest BCUT2D eigenvalue weighted by atomic mass is 32.3. The lowest BCUT2D eigenvalue weighted by Crippen LogP contribution is -2.27. The zero-order valence-electron chi connectivity index (χ0n) is 18.8. The van der Waals surface area contributed by atoms with Gasteiger partial charge in [0.2, 0.25) is 6.41 Å². The molecule has 0 aliphatic heterocycles. The third-order valence-corrected chi connectivity index (χ3v) is 6.88. The fourth-order valence-electron chi connectivity index (χ4n) is 3.08. The molecule has 9 heteroatoms. The van der Waals surface area contributed by atoms with Crippen LogP contribution in [0.4, 0.5) is 0 Å². The first-order chi connectivity index (χ1) is 15.0. The summed E-state index contributed by atoms with van der Waals surface area (Å²) in [6.07, 6.45) is 13.3. The van der Waals surface area contributed by atoms with Gasteiger partial charge in [-0.05, 0) is 60.6 Å². The summed E-state index contributed by atoms with van der Waals surface area (Å²) in [5.41, 5.74) is 1.21. The fourth-order valence-corrected chi connectivity index (χ4v) is 3.94. The Balaban J connectivity index is 1.71. The van der Waals surface area contributed by atoms with Crippen molar-refractivity contribution in [1.29, 1.82) is 0 Å². The number of carboxylic acids is 1. The maximum atomic E-state index is 11.3. The molecule has 0 aliphatic carbocycles. The number of amides is 1. The number of nitrogens with one attached hydrogen (secondary N) is 1. The predicted octanol–water partition coefficient (Wildman–Crippen LogP) is 3.27. The highest BCUT2D eigenvalue weighted by Gasteiger charge is 2.19. The van der Waals surface area contributed by atoms with E-state index < -0.39 is 21.2 Å². The van der Waals surface area contributed by atoms with Crippen LogP contribution in [-0.4, -0.2) is 64.4 Å². The first-order valence-electron chi connectivity index (χ1n) is 10.3. The van der Waals surface area contributed by atoms with Crippen LogP contribution in [0.25, 0.3) is 11.0 Å². The number of ether oxygens (including phenoxy) is 2. The number of nitrogens with zero attached hydrogens (tertiary/aromatic N) is 2. The molecule has 0 saturated heterocycles. The van der Waals surface area contributed by atoms with Crippen LogP contribution in [0.1, 0.15) is 11.6 Å². The first-order valence-corrected chi connectivity index (χ1v) is 14.5. The second-order valence-electron chi connectivity index (χ2n) is 9.77. The Labute approximate surface area is 187 Å². The number of carbonyl (C=O) groups is 2. The molecule has 1 amide bonds. The zero-order valence-corrected chi connectivity index (χ0v) is 19.7. The number of hydrogen-bond donors (Lipinski definition) is 3. The number of fused-ring (bicyclic) bond motifs is 1. The molecule has 2 aromatic heterocycles. The van der Waals surface area contributed by atoms with E-state index in [0.29, 0.717) is 36.8 Å². The molecule has 0 spiro atoms. The van der Waals surface area contributed by atoms with Gasteiger partial charge >= 0.3 is 5.97 Å². The summed E-state index contributed by atoms with van der Waals surface area (Å²) in [4.78, 5) is 26.4. The first kappa shape index (κ1) is 23.6. The Hall–Kier alpha value is -3.04. The summed E-state index contributed by atoms with van der Waals surface area (Å²) in [6, 6.07) is 9.17. The number of carboxylic acid groups (broad SMARTS) is 1. The zero-order chi connectivity index (χ0) is 23.4. The van der Waals surface area contributed by atoms with Crippen LogP contribution in [0, 0.1) is 0 Å². The molecule has 0 radical (unpaired) electrons. The molecule has 2 N–H and O–H groups in total. The van der Waals surface area contributed by atoms with Crippen molar-refractivity contribution in [2.24, 2.45) is 0 Å². The maximum Gasteiger partial charge on any atom is 0.330 e. The predicted molar refractivity (Wildman–Crippen MR) is 129 cm³/mol. The highest BCUT2D eigenvalue weighted by Crippen LogP contribution is 2.54. The van der Waals surface area contributed by atoms with Crippen LogP contribution in [0.3, 0.4) is 0 Å². The average molecular weight is 462 g/mol. The number of carbonyl (C=O) groups excluding carboxylic acids is 1. The summed E-state index contributed by atoms with van der Waals surface area (Å²) in [6.45, 7) is 1.12. The Morgan fingerprint density at radius 3 is 2.53 bits per heavy atom. The average Bonchev–Trinajstić information content (AvgIpc) is 3.13. The van der Waals surface area contributed by atoms with Crippen LogP contribution in [-0.2, 0) is 21.1 Å². The molecular formula is C23H31N3O5S. The van der Waals surface area contributed by atoms with E-state index in [1.807, 2.05) is 16.8 Å². The Kier molecular flexibility index (Phi) is 6.80. The van der Waals surface area contributed by atoms with Crippen molar-refractivity contribution in [3.8, 4) is 11.5 Å². The van der Waals surface area contributed by atoms with Gasteiger partial charge in [-0.15, -0.1) is 0 Å². The van der Waals surface area contributed by atoms with Gasteiger partial charge in [0, 0.05) is 12.4 Å². The van der Waals surface area contributed by atoms with E-state index in [1.54, 1.807) is 36.5 Å². The summed E-state index contributed by atoms with van der Waals surface area (Å²) in [7, 11) is -1.59. The van der Waals surface area contributed by atoms with Gasteiger partial charge in [-0.2, -0.15) is 0 Å². The van der Waals surface area contributed by atoms with Gasteiger partial charge in [-0.25, -0.2) is 9.78 Å². The summed E-state index contributed by atoms with van der Waals surface area (Å²) in [5, 5.41) is 12.4. The lowest BCUT2D eigenvalue weighted by Gasteiger charge is -2.46. The van der Waals surface area contributed by atoms with Crippen LogP contribution in [0.2, 0.25) is 0 Å². The lowest BCUT2D eigenvalue weighted by molar-refractivity contribution is -0.140. The Morgan fingerprint density at radius 1 is 1.19 bits per heavy atom. The molecule has 3 rings (SSSR count). The highest BCUT2D eigenvalue weighted by molar-refractivity contribution is 8.47. The maximum absolute atomic E-state index is 11.3. The van der Waals surface area contributed by atoms with Gasteiger partial charge in [-0.1, -0.05) is 12.1 Å². The molecule has 1 aromatic carbocycles. The van der Waals surface area contributed by atoms with Crippen LogP contribution in [0.15, 0.2) is 48.8 Å². The fraction of sp³-hybridized carbons (Fsp3) is 0.348. The van der Waals surface area contributed by atoms with Gasteiger partial charge < -0.3 is 24.5 Å². The number of aliphatic carboxylic acids is 1. The molecule has 174 valence electrons. The molecule has 1 atom stereocenters. The van der Waals surface area contributed by atoms with Gasteiger partial charge in [0.05, 0.1) is 12.0 Å². The third-order valence-electron chi connectivity index (χ3n) is 4.91. The van der Waals surface area contributed by atoms with E-state index >= 15 is 0 Å². The van der Waals surface area contributed by atoms with Crippen molar-refractivity contribution < 1.29 is 24.2 Å². The number of pyridine rings is 1. The van der Waals surface area contributed by atoms with Crippen LogP contribution in [0.5, 0.6) is 11.5 Å². The van der Waals surface area contributed by atoms with Gasteiger partial charge in [0.25, 0.3) is 0 Å². The largest absolute Gasteiger partial charge is 0.479 e. The van der Waals surface area contributed by atoms with E-state index in [2.05, 4.69) is 35.3 Å². The van der Waals surface area contributed by atoms with E-state index in [-0.39, 0.29) is 0 Å². The molecule has 1 unspecified atom stereocenters. The second kappa shape index (κ2) is 9.22. The van der Waals surface area contributed by atoms with Crippen molar-refractivity contribution in [1.82, 2.24) is 14.9 Å². The van der Waals surface area contributed by atoms with Gasteiger partial charge in [-0.3, -0.25) is 14.0 Å². The Morgan fingerprint density at radius 2 is 1.91 bits per heavy atom. The molecule has 0 bridgehead atoms. The summed E-state index contributed by atoms with van der Waals surface area (Å²) in [5.74, 6) is 1.11. The van der Waals surface area contributed by atoms with E-state index in [9.17, 15) is 14.7 Å². The van der Waals surface area contributed by atoms with Crippen LogP contribution < -0.4 is 10.1 Å². The smallest absolute Gasteiger partial charge is 0.330 e. The van der Waals surface area contributed by atoms with Crippen molar-refractivity contribution in [2.75, 3.05) is 37.4 Å². The molecule has 0 aliphatic rings. The Bertz CT molecular complexity index is 1090. The van der Waals surface area contributed by atoms with Crippen LogP contribution >= 0.6 is 9.16 Å². The minimum Gasteiger partial charge on any atom is -0.479 e. The quantitative estimate of drug-likeness (QED) is 0.230. The molecular weight excluding hydrogens is 430 g/mol. The SMILES string of the molecule is C[SH](C)(C)(C)CCOCn1ccc2c(Oc3ccc(C(NC=O)C(=O)O)cc3)ccnc21. The minimum absolute atomic E-state index is 0.372. The van der Waals surface area contributed by atoms with Gasteiger partial charge in [0.1, 0.15) is 23.9 Å². The van der Waals surface area contributed by atoms with Crippen molar-refractivity contribution >= 4 is 32.6 Å². The van der Waals surface area contributed by atoms with E-state index in [4.69, 9.17) is 9.47 Å². The molecule has 2 heterocycles. The number of rotatable bonds is 11. The minimum atomic E-state index is -1.59. The van der Waals surface area contributed by atoms with E-state index in [1.165, 1.54) is 0 Å². The number of thiol groups is 1. The summed E-state index contributed by atoms with van der Waals surface area (Å²) >= 11 is 0. The second-order valence-corrected chi connectivity index (χ2v) is 18.1. The number of aromatic nitrogens is 2. The van der Waals surface area contributed by atoms with Crippen molar-refractivity contribution in [3.63, 3.8) is 0 Å². The van der Waals surface area contributed by atoms with Gasteiger partial charge in [0.15, 0.2) is 6.04 Å². The summed E-state index contributed by atoms with van der Waals surface area (Å²) < 4.78 is 13.9. The van der Waals surface area contributed by atoms with Crippen molar-refractivity contribution in [2.45, 2.75) is 12.8 Å². The molecule has 0 fully saturated rings. The molecule has 0 saturated carbocycles. The molecule has 3 aromatic rings. The lowest BCUT2D eigenvalue weighted by atomic mass is 10.1. The van der Waals surface area contributed by atoms with E-state index in [0.717, 1.165) is 16.8 Å². The monoisotopic (exact) mass is 461 g/mol. The standard InChI is InChI=1S/C23H31N3O5S/c1-32(2,3,4)14-13-30-16-26-12-10-19-20(9-11-24-22(19)26)31-18-7-5-17(6-8-18)21(23(28)29)25-15-27/h5-12,15,21,32H,13-14,16H2,1-4H3,(H,25,27)(H,28,29). The number of hydrogen-bond acceptors (Lipinski definition) is 5. The molecule has 32 heavy (non-hydrogen) atoms. The van der Waals surface area contributed by atoms with Crippen molar-refractivity contribution in [3.05, 3.63) is 54.4 Å². The molecule has 8 nitrogen and oxygen atoms in total.